The molecular weight excluding hydrogens is 268 g/mol. The van der Waals surface area contributed by atoms with Crippen LogP contribution in [0, 0.1) is 12.8 Å². The van der Waals surface area contributed by atoms with Crippen molar-refractivity contribution >= 4 is 15.8 Å². The lowest BCUT2D eigenvalue weighted by Crippen LogP contribution is -2.25. The summed E-state index contributed by atoms with van der Waals surface area (Å²) in [7, 11) is -3.16. The zero-order chi connectivity index (χ0) is 14.2. The molecule has 0 radical (unpaired) electrons. The molecule has 1 aliphatic carbocycles. The fraction of sp³-hybridized carbons (Fsp3) is 0.583. The molecule has 1 aromatic rings. The SMILES string of the molecule is Cc1nc(CS(C)(=O)=O)nc2c1CC(C(=O)O)CC2. The molecule has 1 atom stereocenters. The maximum absolute atomic E-state index is 11.3. The van der Waals surface area contributed by atoms with Crippen LogP contribution in [0.3, 0.4) is 0 Å². The van der Waals surface area contributed by atoms with Crippen LogP contribution >= 0.6 is 0 Å². The maximum Gasteiger partial charge on any atom is 0.306 e. The molecule has 1 unspecified atom stereocenters. The molecule has 7 heteroatoms. The summed E-state index contributed by atoms with van der Waals surface area (Å²) >= 11 is 0. The third-order valence-corrected chi connectivity index (χ3v) is 4.05. The molecule has 0 amide bonds. The van der Waals surface area contributed by atoms with Crippen molar-refractivity contribution in [3.8, 4) is 0 Å². The summed E-state index contributed by atoms with van der Waals surface area (Å²) in [6.07, 6.45) is 2.67. The molecule has 1 aromatic heterocycles. The van der Waals surface area contributed by atoms with Crippen molar-refractivity contribution in [1.29, 1.82) is 0 Å². The van der Waals surface area contributed by atoms with Crippen LogP contribution in [0.15, 0.2) is 0 Å². The van der Waals surface area contributed by atoms with Gasteiger partial charge in [-0.3, -0.25) is 4.79 Å². The standard InChI is InChI=1S/C12H16N2O4S/c1-7-9-5-8(12(15)16)3-4-10(9)14-11(13-7)6-19(2,17)18/h8H,3-6H2,1-2H3,(H,15,16). The predicted molar refractivity (Wildman–Crippen MR) is 68.5 cm³/mol. The van der Waals surface area contributed by atoms with E-state index in [1.165, 1.54) is 0 Å². The Morgan fingerprint density at radius 1 is 1.42 bits per heavy atom. The molecule has 2 rings (SSSR count). The van der Waals surface area contributed by atoms with E-state index in [0.29, 0.717) is 30.8 Å². The van der Waals surface area contributed by atoms with E-state index in [9.17, 15) is 13.2 Å². The highest BCUT2D eigenvalue weighted by Gasteiger charge is 2.27. The van der Waals surface area contributed by atoms with Crippen LogP contribution < -0.4 is 0 Å². The third kappa shape index (κ3) is 3.28. The summed E-state index contributed by atoms with van der Waals surface area (Å²) in [5, 5.41) is 9.04. The first kappa shape index (κ1) is 13.9. The minimum Gasteiger partial charge on any atom is -0.481 e. The first-order chi connectivity index (χ1) is 8.76. The van der Waals surface area contributed by atoms with E-state index in [2.05, 4.69) is 9.97 Å². The first-order valence-electron chi connectivity index (χ1n) is 6.02. The molecule has 1 N–H and O–H groups in total. The van der Waals surface area contributed by atoms with Crippen molar-refractivity contribution < 1.29 is 18.3 Å². The number of carboxylic acids is 1. The Kier molecular flexibility index (Phi) is 3.58. The molecule has 0 saturated carbocycles. The molecule has 0 aliphatic heterocycles. The fourth-order valence-electron chi connectivity index (χ4n) is 2.36. The van der Waals surface area contributed by atoms with Crippen molar-refractivity contribution in [2.75, 3.05) is 6.26 Å². The van der Waals surface area contributed by atoms with E-state index in [4.69, 9.17) is 5.11 Å². The molecule has 0 aromatic carbocycles. The Morgan fingerprint density at radius 2 is 2.11 bits per heavy atom. The normalized spacial score (nSPS) is 18.9. The number of hydrogen-bond donors (Lipinski definition) is 1. The first-order valence-corrected chi connectivity index (χ1v) is 8.08. The summed E-state index contributed by atoms with van der Waals surface area (Å²) in [5.41, 5.74) is 2.34. The average molecular weight is 284 g/mol. The number of fused-ring (bicyclic) bond motifs is 1. The van der Waals surface area contributed by atoms with Gasteiger partial charge >= 0.3 is 5.97 Å². The maximum atomic E-state index is 11.3. The van der Waals surface area contributed by atoms with Crippen molar-refractivity contribution in [2.24, 2.45) is 5.92 Å². The number of hydrogen-bond acceptors (Lipinski definition) is 5. The largest absolute Gasteiger partial charge is 0.481 e. The summed E-state index contributed by atoms with van der Waals surface area (Å²) in [6.45, 7) is 1.77. The molecule has 0 bridgehead atoms. The van der Waals surface area contributed by atoms with Gasteiger partial charge in [-0.05, 0) is 31.7 Å². The third-order valence-electron chi connectivity index (χ3n) is 3.27. The van der Waals surface area contributed by atoms with Crippen LogP contribution in [-0.4, -0.2) is 35.7 Å². The van der Waals surface area contributed by atoms with E-state index in [0.717, 1.165) is 17.5 Å². The van der Waals surface area contributed by atoms with Crippen molar-refractivity contribution in [1.82, 2.24) is 9.97 Å². The molecule has 1 aliphatic rings. The molecule has 1 heterocycles. The summed E-state index contributed by atoms with van der Waals surface area (Å²) in [4.78, 5) is 19.5. The Hall–Kier alpha value is -1.50. The summed E-state index contributed by atoms with van der Waals surface area (Å²) in [6, 6.07) is 0. The number of carboxylic acid groups (broad SMARTS) is 1. The number of rotatable bonds is 3. The smallest absolute Gasteiger partial charge is 0.306 e. The number of carbonyl (C=O) groups is 1. The lowest BCUT2D eigenvalue weighted by molar-refractivity contribution is -0.142. The lowest BCUT2D eigenvalue weighted by Gasteiger charge is -2.22. The van der Waals surface area contributed by atoms with Crippen molar-refractivity contribution in [2.45, 2.75) is 31.9 Å². The van der Waals surface area contributed by atoms with Gasteiger partial charge in [-0.2, -0.15) is 0 Å². The second-order valence-electron chi connectivity index (χ2n) is 5.00. The molecule has 104 valence electrons. The van der Waals surface area contributed by atoms with Gasteiger partial charge in [0.2, 0.25) is 0 Å². The molecule has 0 saturated heterocycles. The number of aromatic nitrogens is 2. The Bertz CT molecular complexity index is 625. The Labute approximate surface area is 111 Å². The summed E-state index contributed by atoms with van der Waals surface area (Å²) < 4.78 is 22.5. The second-order valence-corrected chi connectivity index (χ2v) is 7.14. The van der Waals surface area contributed by atoms with Crippen molar-refractivity contribution in [3.05, 3.63) is 22.8 Å². The van der Waals surface area contributed by atoms with Crippen LogP contribution in [-0.2, 0) is 33.2 Å². The second kappa shape index (κ2) is 4.88. The van der Waals surface area contributed by atoms with E-state index in [1.807, 2.05) is 0 Å². The minimum absolute atomic E-state index is 0.177. The van der Waals surface area contributed by atoms with Crippen LogP contribution in [0.5, 0.6) is 0 Å². The molecule has 6 nitrogen and oxygen atoms in total. The Balaban J connectivity index is 2.34. The number of aliphatic carboxylic acids is 1. The van der Waals surface area contributed by atoms with Gasteiger partial charge in [0.05, 0.1) is 5.92 Å². The highest BCUT2D eigenvalue weighted by molar-refractivity contribution is 7.89. The molecule has 19 heavy (non-hydrogen) atoms. The van der Waals surface area contributed by atoms with E-state index in [-0.39, 0.29) is 5.75 Å². The quantitative estimate of drug-likeness (QED) is 0.869. The summed E-state index contributed by atoms with van der Waals surface area (Å²) in [5.74, 6) is -1.07. The van der Waals surface area contributed by atoms with Gasteiger partial charge in [-0.25, -0.2) is 18.4 Å². The van der Waals surface area contributed by atoms with E-state index < -0.39 is 21.7 Å². The number of nitrogens with zero attached hydrogens (tertiary/aromatic N) is 2. The van der Waals surface area contributed by atoms with E-state index in [1.54, 1.807) is 6.92 Å². The highest BCUT2D eigenvalue weighted by Crippen LogP contribution is 2.26. The highest BCUT2D eigenvalue weighted by atomic mass is 32.2. The molecule has 0 spiro atoms. The van der Waals surface area contributed by atoms with E-state index >= 15 is 0 Å². The Morgan fingerprint density at radius 3 is 2.68 bits per heavy atom. The minimum atomic E-state index is -3.16. The van der Waals surface area contributed by atoms with Gasteiger partial charge in [-0.1, -0.05) is 0 Å². The van der Waals surface area contributed by atoms with Gasteiger partial charge in [0.15, 0.2) is 9.84 Å². The lowest BCUT2D eigenvalue weighted by atomic mass is 9.86. The van der Waals surface area contributed by atoms with Gasteiger partial charge in [0, 0.05) is 17.6 Å². The van der Waals surface area contributed by atoms with Crippen LogP contribution in [0.25, 0.3) is 0 Å². The van der Waals surface area contributed by atoms with Gasteiger partial charge in [0.1, 0.15) is 11.6 Å². The van der Waals surface area contributed by atoms with Crippen LogP contribution in [0.4, 0.5) is 0 Å². The molecule has 0 fully saturated rings. The van der Waals surface area contributed by atoms with Gasteiger partial charge < -0.3 is 5.11 Å². The van der Waals surface area contributed by atoms with Gasteiger partial charge in [0.25, 0.3) is 0 Å². The zero-order valence-corrected chi connectivity index (χ0v) is 11.7. The van der Waals surface area contributed by atoms with Crippen LogP contribution in [0.2, 0.25) is 0 Å². The number of aryl methyl sites for hydroxylation is 2. The monoisotopic (exact) mass is 284 g/mol. The number of sulfone groups is 1. The average Bonchev–Trinajstić information content (AvgIpc) is 2.26. The fourth-order valence-corrected chi connectivity index (χ4v) is 2.96. The topological polar surface area (TPSA) is 97.2 Å². The van der Waals surface area contributed by atoms with Crippen molar-refractivity contribution in [3.63, 3.8) is 0 Å². The predicted octanol–water partition coefficient (Wildman–Crippen LogP) is 0.519. The zero-order valence-electron chi connectivity index (χ0n) is 10.9. The van der Waals surface area contributed by atoms with Crippen LogP contribution in [0.1, 0.15) is 29.2 Å². The van der Waals surface area contributed by atoms with Gasteiger partial charge in [-0.15, -0.1) is 0 Å². The molecular formula is C12H16N2O4S.